The van der Waals surface area contributed by atoms with Gasteiger partial charge in [-0.3, -0.25) is 4.79 Å². The van der Waals surface area contributed by atoms with Crippen LogP contribution < -0.4 is 15.8 Å². The molecule has 0 bridgehead atoms. The van der Waals surface area contributed by atoms with Gasteiger partial charge in [-0.05, 0) is 44.5 Å². The summed E-state index contributed by atoms with van der Waals surface area (Å²) in [4.78, 5) is 11.0. The van der Waals surface area contributed by atoms with Crippen LogP contribution in [0, 0.1) is 0 Å². The lowest BCUT2D eigenvalue weighted by Gasteiger charge is -2.28. The van der Waals surface area contributed by atoms with Crippen molar-refractivity contribution in [2.45, 2.75) is 38.3 Å². The van der Waals surface area contributed by atoms with E-state index >= 15 is 0 Å². The molecule has 6 heteroatoms. The maximum atomic E-state index is 12.0. The summed E-state index contributed by atoms with van der Waals surface area (Å²) in [6.45, 7) is -0.893. The number of carbonyl (C=O) groups is 1. The molecule has 1 unspecified atom stereocenters. The largest absolute Gasteiger partial charge is 0.435 e. The van der Waals surface area contributed by atoms with Crippen LogP contribution in [0.15, 0.2) is 24.3 Å². The number of hydrogen-bond donors (Lipinski definition) is 2. The molecule has 0 aliphatic heterocycles. The molecule has 0 saturated carbocycles. The maximum absolute atomic E-state index is 12.0. The highest BCUT2D eigenvalue weighted by Crippen LogP contribution is 2.20. The van der Waals surface area contributed by atoms with Gasteiger partial charge in [0.1, 0.15) is 5.75 Å². The van der Waals surface area contributed by atoms with Crippen molar-refractivity contribution in [1.29, 1.82) is 0 Å². The van der Waals surface area contributed by atoms with Crippen LogP contribution in [0.2, 0.25) is 0 Å². The van der Waals surface area contributed by atoms with Crippen molar-refractivity contribution in [2.24, 2.45) is 5.73 Å². The van der Waals surface area contributed by atoms with Crippen LogP contribution in [0.1, 0.15) is 25.3 Å². The molecule has 1 atom stereocenters. The Hall–Kier alpha value is -1.69. The predicted molar refractivity (Wildman–Crippen MR) is 72.7 cm³/mol. The molecule has 0 heterocycles. The van der Waals surface area contributed by atoms with E-state index < -0.39 is 6.61 Å². The van der Waals surface area contributed by atoms with Gasteiger partial charge in [0.15, 0.2) is 0 Å². The van der Waals surface area contributed by atoms with E-state index in [1.54, 1.807) is 19.2 Å². The molecule has 0 saturated heterocycles. The number of nitrogens with two attached hydrogens (primary N) is 1. The first-order chi connectivity index (χ1) is 9.34. The highest BCUT2D eigenvalue weighted by Gasteiger charge is 2.24. The molecule has 4 nitrogen and oxygen atoms in total. The van der Waals surface area contributed by atoms with Crippen molar-refractivity contribution in [3.8, 4) is 5.75 Å². The molecule has 0 aliphatic rings. The van der Waals surface area contributed by atoms with Gasteiger partial charge in [0.25, 0.3) is 0 Å². The summed E-state index contributed by atoms with van der Waals surface area (Å²) in [5.41, 5.74) is 5.84. The van der Waals surface area contributed by atoms with Crippen LogP contribution in [0.4, 0.5) is 8.78 Å². The SMILES string of the molecule is CNC(C)(CCc1ccc(OC(F)F)cc1)CC(N)=O. The highest BCUT2D eigenvalue weighted by molar-refractivity contribution is 5.75. The van der Waals surface area contributed by atoms with Gasteiger partial charge in [0.2, 0.25) is 5.91 Å². The second-order valence-electron chi connectivity index (χ2n) is 4.98. The van der Waals surface area contributed by atoms with Gasteiger partial charge in [-0.1, -0.05) is 12.1 Å². The molecular weight excluding hydrogens is 266 g/mol. The number of hydrogen-bond acceptors (Lipinski definition) is 3. The zero-order valence-electron chi connectivity index (χ0n) is 11.7. The molecule has 3 N–H and O–H groups in total. The van der Waals surface area contributed by atoms with Crippen molar-refractivity contribution in [2.75, 3.05) is 7.05 Å². The van der Waals surface area contributed by atoms with Gasteiger partial charge < -0.3 is 15.8 Å². The van der Waals surface area contributed by atoms with Gasteiger partial charge >= 0.3 is 6.61 Å². The van der Waals surface area contributed by atoms with Gasteiger partial charge in [0, 0.05) is 12.0 Å². The van der Waals surface area contributed by atoms with Crippen LogP contribution in [-0.4, -0.2) is 25.1 Å². The lowest BCUT2D eigenvalue weighted by molar-refractivity contribution is -0.119. The van der Waals surface area contributed by atoms with Crippen LogP contribution in [0.3, 0.4) is 0 Å². The number of carbonyl (C=O) groups excluding carboxylic acids is 1. The van der Waals surface area contributed by atoms with Gasteiger partial charge in [-0.25, -0.2) is 0 Å². The van der Waals surface area contributed by atoms with E-state index in [9.17, 15) is 13.6 Å². The molecule has 0 aromatic heterocycles. The summed E-state index contributed by atoms with van der Waals surface area (Å²) in [6, 6.07) is 6.48. The minimum Gasteiger partial charge on any atom is -0.435 e. The molecule has 0 radical (unpaired) electrons. The van der Waals surface area contributed by atoms with E-state index in [1.165, 1.54) is 12.1 Å². The van der Waals surface area contributed by atoms with Gasteiger partial charge in [0.05, 0.1) is 0 Å². The molecule has 1 amide bonds. The summed E-state index contributed by atoms with van der Waals surface area (Å²) in [7, 11) is 1.78. The second-order valence-corrected chi connectivity index (χ2v) is 4.98. The lowest BCUT2D eigenvalue weighted by Crippen LogP contribution is -2.43. The normalized spacial score (nSPS) is 14.1. The Morgan fingerprint density at radius 1 is 1.40 bits per heavy atom. The van der Waals surface area contributed by atoms with Crippen molar-refractivity contribution >= 4 is 5.91 Å². The molecule has 1 aromatic rings. The molecular formula is C14H20F2N2O2. The first kappa shape index (κ1) is 16.4. The van der Waals surface area contributed by atoms with E-state index in [4.69, 9.17) is 5.73 Å². The summed E-state index contributed by atoms with van der Waals surface area (Å²) < 4.78 is 28.3. The van der Waals surface area contributed by atoms with Crippen LogP contribution in [0.25, 0.3) is 0 Å². The molecule has 0 spiro atoms. The number of nitrogens with one attached hydrogen (secondary N) is 1. The lowest BCUT2D eigenvalue weighted by atomic mass is 9.90. The van der Waals surface area contributed by atoms with Crippen molar-refractivity contribution in [1.82, 2.24) is 5.32 Å². The van der Waals surface area contributed by atoms with Gasteiger partial charge in [-0.2, -0.15) is 8.78 Å². The third-order valence-corrected chi connectivity index (χ3v) is 3.28. The Balaban J connectivity index is 2.58. The molecule has 20 heavy (non-hydrogen) atoms. The van der Waals surface area contributed by atoms with E-state index in [0.29, 0.717) is 12.8 Å². The fourth-order valence-electron chi connectivity index (χ4n) is 1.94. The van der Waals surface area contributed by atoms with Crippen LogP contribution >= 0.6 is 0 Å². The Morgan fingerprint density at radius 3 is 2.45 bits per heavy atom. The summed E-state index contributed by atoms with van der Waals surface area (Å²) in [6.07, 6.45) is 1.66. The first-order valence-corrected chi connectivity index (χ1v) is 6.35. The Kier molecular flexibility index (Phi) is 5.88. The molecule has 1 rings (SSSR count). The number of alkyl halides is 2. The topological polar surface area (TPSA) is 64.3 Å². The summed E-state index contributed by atoms with van der Waals surface area (Å²) in [5, 5.41) is 3.09. The minimum atomic E-state index is -2.82. The fraction of sp³-hybridized carbons (Fsp3) is 0.500. The number of aryl methyl sites for hydroxylation is 1. The van der Waals surface area contributed by atoms with Crippen molar-refractivity contribution < 1.29 is 18.3 Å². The molecule has 0 aliphatic carbocycles. The van der Waals surface area contributed by atoms with Crippen molar-refractivity contribution in [3.05, 3.63) is 29.8 Å². The van der Waals surface area contributed by atoms with Gasteiger partial charge in [-0.15, -0.1) is 0 Å². The quantitative estimate of drug-likeness (QED) is 0.769. The average molecular weight is 286 g/mol. The third kappa shape index (κ3) is 5.52. The second kappa shape index (κ2) is 7.19. The monoisotopic (exact) mass is 286 g/mol. The summed E-state index contributed by atoms with van der Waals surface area (Å²) >= 11 is 0. The Labute approximate surface area is 117 Å². The number of benzene rings is 1. The molecule has 112 valence electrons. The smallest absolute Gasteiger partial charge is 0.387 e. The van der Waals surface area contributed by atoms with Crippen molar-refractivity contribution in [3.63, 3.8) is 0 Å². The molecule has 1 aromatic carbocycles. The third-order valence-electron chi connectivity index (χ3n) is 3.28. The predicted octanol–water partition coefficient (Wildman–Crippen LogP) is 2.07. The van der Waals surface area contributed by atoms with Crippen LogP contribution in [0.5, 0.6) is 5.75 Å². The Bertz CT molecular complexity index is 437. The number of primary amides is 1. The highest BCUT2D eigenvalue weighted by atomic mass is 19.3. The average Bonchev–Trinajstić information content (AvgIpc) is 2.36. The number of amides is 1. The molecule has 0 fully saturated rings. The standard InChI is InChI=1S/C14H20F2N2O2/c1-14(18-2,9-12(17)19)8-7-10-3-5-11(6-4-10)20-13(15)16/h3-6,13,18H,7-9H2,1-2H3,(H2,17,19). The Morgan fingerprint density at radius 2 is 2.00 bits per heavy atom. The number of halogens is 2. The first-order valence-electron chi connectivity index (χ1n) is 6.35. The zero-order valence-corrected chi connectivity index (χ0v) is 11.7. The maximum Gasteiger partial charge on any atom is 0.387 e. The minimum absolute atomic E-state index is 0.136. The van der Waals surface area contributed by atoms with E-state index in [-0.39, 0.29) is 23.6 Å². The fourth-order valence-corrected chi connectivity index (χ4v) is 1.94. The number of rotatable bonds is 8. The van der Waals surface area contributed by atoms with E-state index in [1.807, 2.05) is 6.92 Å². The van der Waals surface area contributed by atoms with E-state index in [0.717, 1.165) is 5.56 Å². The summed E-state index contributed by atoms with van der Waals surface area (Å²) in [5.74, 6) is -0.222. The zero-order chi connectivity index (χ0) is 15.2. The van der Waals surface area contributed by atoms with E-state index in [2.05, 4.69) is 10.1 Å². The van der Waals surface area contributed by atoms with Crippen LogP contribution in [-0.2, 0) is 11.2 Å². The number of ether oxygens (including phenoxy) is 1.